The number of ether oxygens (including phenoxy) is 2. The van der Waals surface area contributed by atoms with Crippen molar-refractivity contribution >= 4 is 0 Å². The van der Waals surface area contributed by atoms with Gasteiger partial charge in [-0.15, -0.1) is 0 Å². The molecule has 120 valence electrons. The second kappa shape index (κ2) is 9.13. The van der Waals surface area contributed by atoms with E-state index in [0.717, 1.165) is 24.5 Å². The molecule has 0 amide bonds. The van der Waals surface area contributed by atoms with Gasteiger partial charge in [0.25, 0.3) is 0 Å². The lowest BCUT2D eigenvalue weighted by atomic mass is 10.1. The maximum Gasteiger partial charge on any atom is 0.0889 e. The number of rotatable bonds is 9. The van der Waals surface area contributed by atoms with E-state index in [1.54, 1.807) is 0 Å². The number of hydrogen-bond acceptors (Lipinski definition) is 4. The molecule has 1 rings (SSSR count). The van der Waals surface area contributed by atoms with E-state index in [1.807, 2.05) is 18.2 Å². The minimum atomic E-state index is 0.0991. The Bertz CT molecular complexity index is 400. The molecule has 0 aromatic carbocycles. The van der Waals surface area contributed by atoms with Crippen molar-refractivity contribution in [1.82, 2.24) is 10.3 Å². The molecule has 21 heavy (non-hydrogen) atoms. The third-order valence-electron chi connectivity index (χ3n) is 2.74. The zero-order valence-corrected chi connectivity index (χ0v) is 14.1. The first-order valence-corrected chi connectivity index (χ1v) is 7.72. The summed E-state index contributed by atoms with van der Waals surface area (Å²) in [6.45, 7) is 14.1. The van der Waals surface area contributed by atoms with Gasteiger partial charge in [0, 0.05) is 18.7 Å². The van der Waals surface area contributed by atoms with Gasteiger partial charge in [-0.1, -0.05) is 19.9 Å². The molecule has 1 aromatic heterocycles. The molecule has 0 aliphatic rings. The number of pyridine rings is 1. The predicted molar refractivity (Wildman–Crippen MR) is 86.1 cm³/mol. The monoisotopic (exact) mass is 294 g/mol. The quantitative estimate of drug-likeness (QED) is 0.711. The Hall–Kier alpha value is -0.970. The average Bonchev–Trinajstić information content (AvgIpc) is 2.40. The highest BCUT2D eigenvalue weighted by atomic mass is 16.5. The standard InChI is InChI=1S/C17H30N2O2/c1-14(2)12-20-9-10-21-13-16-8-6-7-15(19-16)11-18-17(3,4)5/h6-8,14,18H,9-13H2,1-5H3. The van der Waals surface area contributed by atoms with Crippen LogP contribution in [0, 0.1) is 5.92 Å². The van der Waals surface area contributed by atoms with Crippen LogP contribution in [0.15, 0.2) is 18.2 Å². The van der Waals surface area contributed by atoms with E-state index in [2.05, 4.69) is 44.9 Å². The molecule has 0 aliphatic heterocycles. The van der Waals surface area contributed by atoms with Gasteiger partial charge in [-0.3, -0.25) is 4.98 Å². The predicted octanol–water partition coefficient (Wildman–Crippen LogP) is 3.16. The Labute approximate surface area is 129 Å². The van der Waals surface area contributed by atoms with Crippen LogP contribution in [0.5, 0.6) is 0 Å². The van der Waals surface area contributed by atoms with Gasteiger partial charge in [0.05, 0.1) is 31.2 Å². The molecule has 0 fully saturated rings. The maximum absolute atomic E-state index is 5.59. The molecule has 1 aromatic rings. The van der Waals surface area contributed by atoms with E-state index >= 15 is 0 Å². The molecular weight excluding hydrogens is 264 g/mol. The van der Waals surface area contributed by atoms with Gasteiger partial charge in [0.15, 0.2) is 0 Å². The van der Waals surface area contributed by atoms with Crippen LogP contribution in [0.2, 0.25) is 0 Å². The Morgan fingerprint density at radius 2 is 1.76 bits per heavy atom. The maximum atomic E-state index is 5.59. The largest absolute Gasteiger partial charge is 0.379 e. The van der Waals surface area contributed by atoms with Crippen LogP contribution >= 0.6 is 0 Å². The van der Waals surface area contributed by atoms with E-state index in [1.165, 1.54) is 0 Å². The zero-order valence-electron chi connectivity index (χ0n) is 14.1. The molecule has 0 saturated carbocycles. The van der Waals surface area contributed by atoms with Gasteiger partial charge in [0.1, 0.15) is 0 Å². The van der Waals surface area contributed by atoms with Gasteiger partial charge >= 0.3 is 0 Å². The normalized spacial score (nSPS) is 12.1. The fraction of sp³-hybridized carbons (Fsp3) is 0.706. The minimum Gasteiger partial charge on any atom is -0.379 e. The van der Waals surface area contributed by atoms with Gasteiger partial charge < -0.3 is 14.8 Å². The van der Waals surface area contributed by atoms with Crippen LogP contribution in [0.3, 0.4) is 0 Å². The summed E-state index contributed by atoms with van der Waals surface area (Å²) in [5.74, 6) is 0.568. The van der Waals surface area contributed by atoms with Crippen molar-refractivity contribution in [1.29, 1.82) is 0 Å². The van der Waals surface area contributed by atoms with Crippen LogP contribution in [-0.2, 0) is 22.6 Å². The summed E-state index contributed by atoms with van der Waals surface area (Å²) in [5, 5.41) is 3.44. The van der Waals surface area contributed by atoms with Crippen LogP contribution in [-0.4, -0.2) is 30.3 Å². The Balaban J connectivity index is 2.26. The van der Waals surface area contributed by atoms with Crippen molar-refractivity contribution < 1.29 is 9.47 Å². The molecule has 0 unspecified atom stereocenters. The molecule has 0 bridgehead atoms. The van der Waals surface area contributed by atoms with E-state index in [9.17, 15) is 0 Å². The summed E-state index contributed by atoms with van der Waals surface area (Å²) in [6, 6.07) is 6.06. The van der Waals surface area contributed by atoms with Crippen LogP contribution in [0.25, 0.3) is 0 Å². The topological polar surface area (TPSA) is 43.4 Å². The van der Waals surface area contributed by atoms with Crippen molar-refractivity contribution in [2.24, 2.45) is 5.92 Å². The first-order chi connectivity index (χ1) is 9.87. The third-order valence-corrected chi connectivity index (χ3v) is 2.74. The second-order valence-corrected chi connectivity index (χ2v) is 6.75. The van der Waals surface area contributed by atoms with E-state index in [4.69, 9.17) is 9.47 Å². The number of nitrogens with zero attached hydrogens (tertiary/aromatic N) is 1. The molecule has 0 atom stereocenters. The fourth-order valence-corrected chi connectivity index (χ4v) is 1.68. The van der Waals surface area contributed by atoms with E-state index < -0.39 is 0 Å². The Morgan fingerprint density at radius 3 is 2.43 bits per heavy atom. The Kier molecular flexibility index (Phi) is 7.86. The molecule has 0 saturated heterocycles. The summed E-state index contributed by atoms with van der Waals surface area (Å²) >= 11 is 0. The lowest BCUT2D eigenvalue weighted by Gasteiger charge is -2.20. The van der Waals surface area contributed by atoms with Crippen molar-refractivity contribution in [3.05, 3.63) is 29.6 Å². The van der Waals surface area contributed by atoms with E-state index in [-0.39, 0.29) is 5.54 Å². The fourth-order valence-electron chi connectivity index (χ4n) is 1.68. The van der Waals surface area contributed by atoms with E-state index in [0.29, 0.717) is 25.7 Å². The second-order valence-electron chi connectivity index (χ2n) is 6.75. The molecule has 1 N–H and O–H groups in total. The zero-order chi connectivity index (χ0) is 15.7. The summed E-state index contributed by atoms with van der Waals surface area (Å²) in [5.41, 5.74) is 2.11. The lowest BCUT2D eigenvalue weighted by molar-refractivity contribution is 0.0304. The lowest BCUT2D eigenvalue weighted by Crippen LogP contribution is -2.35. The van der Waals surface area contributed by atoms with Gasteiger partial charge in [-0.25, -0.2) is 0 Å². The molecule has 1 heterocycles. The minimum absolute atomic E-state index is 0.0991. The third kappa shape index (κ3) is 9.56. The summed E-state index contributed by atoms with van der Waals surface area (Å²) in [7, 11) is 0. The van der Waals surface area contributed by atoms with Crippen molar-refractivity contribution in [2.75, 3.05) is 19.8 Å². The van der Waals surface area contributed by atoms with Gasteiger partial charge in [0.2, 0.25) is 0 Å². The summed E-state index contributed by atoms with van der Waals surface area (Å²) in [6.07, 6.45) is 0. The molecule has 4 heteroatoms. The summed E-state index contributed by atoms with van der Waals surface area (Å²) in [4.78, 5) is 4.59. The van der Waals surface area contributed by atoms with Crippen molar-refractivity contribution in [3.63, 3.8) is 0 Å². The smallest absolute Gasteiger partial charge is 0.0889 e. The highest BCUT2D eigenvalue weighted by Gasteiger charge is 2.09. The number of nitrogens with one attached hydrogen (secondary N) is 1. The molecule has 0 spiro atoms. The number of aromatic nitrogens is 1. The van der Waals surface area contributed by atoms with Crippen molar-refractivity contribution in [3.8, 4) is 0 Å². The first-order valence-electron chi connectivity index (χ1n) is 7.72. The number of hydrogen-bond donors (Lipinski definition) is 1. The Morgan fingerprint density at radius 1 is 1.10 bits per heavy atom. The average molecular weight is 294 g/mol. The first kappa shape index (κ1) is 18.1. The van der Waals surface area contributed by atoms with Crippen molar-refractivity contribution in [2.45, 2.75) is 53.3 Å². The molecular formula is C17H30N2O2. The van der Waals surface area contributed by atoms with Crippen LogP contribution in [0.1, 0.15) is 46.0 Å². The highest BCUT2D eigenvalue weighted by molar-refractivity contribution is 5.10. The van der Waals surface area contributed by atoms with Crippen LogP contribution in [0.4, 0.5) is 0 Å². The van der Waals surface area contributed by atoms with Crippen LogP contribution < -0.4 is 5.32 Å². The molecule has 0 radical (unpaired) electrons. The highest BCUT2D eigenvalue weighted by Crippen LogP contribution is 2.05. The molecule has 4 nitrogen and oxygen atoms in total. The summed E-state index contributed by atoms with van der Waals surface area (Å²) < 4.78 is 11.1. The van der Waals surface area contributed by atoms with Gasteiger partial charge in [-0.2, -0.15) is 0 Å². The SMILES string of the molecule is CC(C)COCCOCc1cccc(CNC(C)(C)C)n1. The van der Waals surface area contributed by atoms with Gasteiger partial charge in [-0.05, 0) is 38.8 Å². The molecule has 0 aliphatic carbocycles.